The number of hydrogen-bond acceptors (Lipinski definition) is 6. The number of hydrogen-bond donors (Lipinski definition) is 0. The molecule has 0 spiro atoms. The molecule has 0 fully saturated rings. The number of rotatable bonds is 6. The molecule has 0 atom stereocenters. The Labute approximate surface area is 298 Å². The van der Waals surface area contributed by atoms with Crippen molar-refractivity contribution in [1.82, 2.24) is 19.9 Å². The molecule has 0 bridgehead atoms. The minimum absolute atomic E-state index is 0.576. The van der Waals surface area contributed by atoms with Crippen LogP contribution in [0.2, 0.25) is 0 Å². The molecule has 244 valence electrons. The second-order valence-electron chi connectivity index (χ2n) is 12.7. The van der Waals surface area contributed by atoms with Crippen LogP contribution in [0.1, 0.15) is 0 Å². The van der Waals surface area contributed by atoms with Gasteiger partial charge in [-0.15, -0.1) is 0 Å². The number of fused-ring (bicyclic) bond motifs is 3. The van der Waals surface area contributed by atoms with E-state index in [1.54, 1.807) is 0 Å². The minimum Gasteiger partial charge on any atom is -0.436 e. The van der Waals surface area contributed by atoms with E-state index in [0.717, 1.165) is 83.3 Å². The second kappa shape index (κ2) is 12.3. The van der Waals surface area contributed by atoms with Gasteiger partial charge in [-0.2, -0.15) is 0 Å². The van der Waals surface area contributed by atoms with Crippen LogP contribution < -0.4 is 0 Å². The number of aromatic nitrogens is 4. The van der Waals surface area contributed by atoms with E-state index in [1.165, 1.54) is 0 Å². The zero-order valence-electron chi connectivity index (χ0n) is 27.8. The molecule has 0 unspecified atom stereocenters. The van der Waals surface area contributed by atoms with E-state index in [-0.39, 0.29) is 0 Å². The summed E-state index contributed by atoms with van der Waals surface area (Å²) in [6.07, 6.45) is 0. The van der Waals surface area contributed by atoms with E-state index in [4.69, 9.17) is 28.8 Å². The maximum absolute atomic E-state index is 6.09. The fourth-order valence-electron chi connectivity index (χ4n) is 6.74. The summed E-state index contributed by atoms with van der Waals surface area (Å²) in [7, 11) is 0. The maximum Gasteiger partial charge on any atom is 0.227 e. The van der Waals surface area contributed by atoms with Gasteiger partial charge < -0.3 is 8.83 Å². The molecule has 0 radical (unpaired) electrons. The van der Waals surface area contributed by atoms with Gasteiger partial charge in [0.05, 0.1) is 11.2 Å². The SMILES string of the molecule is c1ccc(-c2cc(-c3ccccc3)c3nc(-c4ccc(-c5nc6ccccc6o5)cc4)nc(-c4ccc(-c5nc6ccccc6o5)cc4)c3c2)cc1. The summed E-state index contributed by atoms with van der Waals surface area (Å²) >= 11 is 0. The van der Waals surface area contributed by atoms with Crippen LogP contribution in [0.5, 0.6) is 0 Å². The van der Waals surface area contributed by atoms with Crippen LogP contribution in [-0.2, 0) is 0 Å². The molecule has 6 heteroatoms. The lowest BCUT2D eigenvalue weighted by molar-refractivity contribution is 0.619. The van der Waals surface area contributed by atoms with Gasteiger partial charge in [-0.25, -0.2) is 19.9 Å². The molecule has 0 saturated heterocycles. The zero-order chi connectivity index (χ0) is 34.4. The Balaban J connectivity index is 1.16. The van der Waals surface area contributed by atoms with Gasteiger partial charge in [0.25, 0.3) is 0 Å². The highest BCUT2D eigenvalue weighted by molar-refractivity contribution is 6.04. The molecule has 52 heavy (non-hydrogen) atoms. The van der Waals surface area contributed by atoms with Crippen LogP contribution in [-0.4, -0.2) is 19.9 Å². The van der Waals surface area contributed by atoms with Crippen LogP contribution in [0.25, 0.3) is 101 Å². The van der Waals surface area contributed by atoms with Gasteiger partial charge in [-0.3, -0.25) is 0 Å². The van der Waals surface area contributed by atoms with Crippen LogP contribution in [0, 0.1) is 0 Å². The van der Waals surface area contributed by atoms with Gasteiger partial charge in [-0.1, -0.05) is 109 Å². The molecule has 10 rings (SSSR count). The van der Waals surface area contributed by atoms with Crippen LogP contribution in [0.15, 0.2) is 179 Å². The first-order valence-corrected chi connectivity index (χ1v) is 17.1. The Bertz CT molecular complexity index is 2810. The van der Waals surface area contributed by atoms with Crippen molar-refractivity contribution in [2.24, 2.45) is 0 Å². The van der Waals surface area contributed by atoms with Crippen molar-refractivity contribution < 1.29 is 8.83 Å². The topological polar surface area (TPSA) is 77.8 Å². The van der Waals surface area contributed by atoms with Crippen molar-refractivity contribution in [3.05, 3.63) is 170 Å². The first-order chi connectivity index (χ1) is 25.7. The number of para-hydroxylation sites is 4. The standard InChI is InChI=1S/C46H28N4O2/c1-3-11-29(12-4-1)35-27-36(30-13-5-2-6-14-30)43-37(28-35)42(31-19-23-33(24-20-31)45-47-38-15-7-9-17-40(38)51-45)49-44(50-43)32-21-25-34(26-22-32)46-48-39-16-8-10-18-41(39)52-46/h1-28H. The van der Waals surface area contributed by atoms with Gasteiger partial charge in [-0.05, 0) is 77.4 Å². The highest BCUT2D eigenvalue weighted by Gasteiger charge is 2.19. The summed E-state index contributed by atoms with van der Waals surface area (Å²) in [6, 6.07) is 57.3. The highest BCUT2D eigenvalue weighted by Crippen LogP contribution is 2.39. The molecule has 3 aromatic heterocycles. The molecule has 0 N–H and O–H groups in total. The fraction of sp³-hybridized carbons (Fsp3) is 0. The molecule has 0 saturated carbocycles. The van der Waals surface area contributed by atoms with Gasteiger partial charge in [0.1, 0.15) is 11.0 Å². The summed E-state index contributed by atoms with van der Waals surface area (Å²) < 4.78 is 12.1. The monoisotopic (exact) mass is 668 g/mol. The van der Waals surface area contributed by atoms with Gasteiger partial charge >= 0.3 is 0 Å². The predicted octanol–water partition coefficient (Wildman–Crippen LogP) is 11.9. The van der Waals surface area contributed by atoms with Crippen molar-refractivity contribution in [1.29, 1.82) is 0 Å². The third-order valence-electron chi connectivity index (χ3n) is 9.38. The van der Waals surface area contributed by atoms with E-state index < -0.39 is 0 Å². The third-order valence-corrected chi connectivity index (χ3v) is 9.38. The zero-order valence-corrected chi connectivity index (χ0v) is 27.8. The Morgan fingerprint density at radius 1 is 0.346 bits per heavy atom. The van der Waals surface area contributed by atoms with Crippen molar-refractivity contribution in [2.45, 2.75) is 0 Å². The normalized spacial score (nSPS) is 11.5. The van der Waals surface area contributed by atoms with Crippen LogP contribution >= 0.6 is 0 Å². The molecule has 0 aliphatic rings. The minimum atomic E-state index is 0.576. The summed E-state index contributed by atoms with van der Waals surface area (Å²) in [6.45, 7) is 0. The lowest BCUT2D eigenvalue weighted by atomic mass is 9.93. The summed E-state index contributed by atoms with van der Waals surface area (Å²) in [4.78, 5) is 20.0. The first kappa shape index (κ1) is 29.7. The van der Waals surface area contributed by atoms with E-state index in [9.17, 15) is 0 Å². The largest absolute Gasteiger partial charge is 0.436 e. The van der Waals surface area contributed by atoms with Gasteiger partial charge in [0.15, 0.2) is 17.0 Å². The average molecular weight is 669 g/mol. The maximum atomic E-state index is 6.09. The predicted molar refractivity (Wildman–Crippen MR) is 207 cm³/mol. The van der Waals surface area contributed by atoms with Crippen LogP contribution in [0.4, 0.5) is 0 Å². The molecule has 0 aliphatic heterocycles. The van der Waals surface area contributed by atoms with E-state index in [0.29, 0.717) is 17.6 Å². The Morgan fingerprint density at radius 2 is 0.846 bits per heavy atom. The Morgan fingerprint density at radius 3 is 1.42 bits per heavy atom. The Hall–Kier alpha value is -7.18. The molecule has 0 aliphatic carbocycles. The van der Waals surface area contributed by atoms with Gasteiger partial charge in [0, 0.05) is 33.2 Å². The molecule has 3 heterocycles. The summed E-state index contributed by atoms with van der Waals surface area (Å²) in [5, 5.41) is 0.960. The van der Waals surface area contributed by atoms with Crippen molar-refractivity contribution in [3.8, 4) is 67.8 Å². The molecule has 10 aromatic rings. The molecule has 6 nitrogen and oxygen atoms in total. The van der Waals surface area contributed by atoms with Crippen molar-refractivity contribution >= 4 is 33.1 Å². The Kier molecular flexibility index (Phi) is 7.03. The number of benzene rings is 7. The van der Waals surface area contributed by atoms with Crippen LogP contribution in [0.3, 0.4) is 0 Å². The van der Waals surface area contributed by atoms with E-state index >= 15 is 0 Å². The molecule has 7 aromatic carbocycles. The van der Waals surface area contributed by atoms with Crippen molar-refractivity contribution in [2.75, 3.05) is 0 Å². The molecular formula is C46H28N4O2. The molecular weight excluding hydrogens is 641 g/mol. The lowest BCUT2D eigenvalue weighted by Crippen LogP contribution is -1.98. The number of nitrogens with zero attached hydrogens (tertiary/aromatic N) is 4. The third kappa shape index (κ3) is 5.30. The number of oxazole rings is 2. The van der Waals surface area contributed by atoms with Crippen molar-refractivity contribution in [3.63, 3.8) is 0 Å². The average Bonchev–Trinajstić information content (AvgIpc) is 3.86. The quantitative estimate of drug-likeness (QED) is 0.175. The van der Waals surface area contributed by atoms with E-state index in [2.05, 4.69) is 72.8 Å². The van der Waals surface area contributed by atoms with E-state index in [1.807, 2.05) is 97.1 Å². The van der Waals surface area contributed by atoms with Gasteiger partial charge in [0.2, 0.25) is 11.8 Å². The lowest BCUT2D eigenvalue weighted by Gasteiger charge is -2.15. The highest BCUT2D eigenvalue weighted by atomic mass is 16.4. The molecule has 0 amide bonds. The smallest absolute Gasteiger partial charge is 0.227 e. The summed E-state index contributed by atoms with van der Waals surface area (Å²) in [5.41, 5.74) is 12.8. The first-order valence-electron chi connectivity index (χ1n) is 17.1. The fourth-order valence-corrected chi connectivity index (χ4v) is 6.74. The second-order valence-corrected chi connectivity index (χ2v) is 12.7. The summed E-state index contributed by atoms with van der Waals surface area (Å²) in [5.74, 6) is 1.78.